The van der Waals surface area contributed by atoms with Gasteiger partial charge < -0.3 is 5.32 Å². The summed E-state index contributed by atoms with van der Waals surface area (Å²) in [6.07, 6.45) is 6.24. The lowest BCUT2D eigenvalue weighted by atomic mass is 10.2. The molecule has 0 aromatic carbocycles. The number of rotatable bonds is 8. The molecule has 0 aliphatic heterocycles. The van der Waals surface area contributed by atoms with Crippen LogP contribution in [0.15, 0.2) is 0 Å². The van der Waals surface area contributed by atoms with Crippen molar-refractivity contribution in [2.75, 3.05) is 23.9 Å². The minimum Gasteiger partial charge on any atom is -0.369 e. The van der Waals surface area contributed by atoms with Crippen LogP contribution in [0.25, 0.3) is 0 Å². The molecule has 0 fully saturated rings. The van der Waals surface area contributed by atoms with Gasteiger partial charge in [0.15, 0.2) is 6.29 Å². The summed E-state index contributed by atoms with van der Waals surface area (Å²) in [6, 6.07) is 0. The molecule has 1 heterocycles. The van der Waals surface area contributed by atoms with Crippen molar-refractivity contribution in [1.82, 2.24) is 9.97 Å². The van der Waals surface area contributed by atoms with E-state index in [1.54, 1.807) is 6.92 Å². The van der Waals surface area contributed by atoms with E-state index in [2.05, 4.69) is 21.5 Å². The van der Waals surface area contributed by atoms with Crippen LogP contribution in [0.5, 0.6) is 0 Å². The molecule has 0 unspecified atom stereocenters. The van der Waals surface area contributed by atoms with E-state index in [1.807, 2.05) is 11.8 Å². The summed E-state index contributed by atoms with van der Waals surface area (Å²) < 4.78 is 0. The number of carbonyl (C=O) groups excluding carboxylic acids is 1. The van der Waals surface area contributed by atoms with Gasteiger partial charge in [-0.05, 0) is 31.8 Å². The van der Waals surface area contributed by atoms with Gasteiger partial charge in [0.2, 0.25) is 0 Å². The van der Waals surface area contributed by atoms with Crippen LogP contribution < -0.4 is 5.32 Å². The third-order valence-electron chi connectivity index (χ3n) is 2.45. The van der Waals surface area contributed by atoms with E-state index in [0.29, 0.717) is 23.5 Å². The Morgan fingerprint density at radius 3 is 2.78 bits per heavy atom. The van der Waals surface area contributed by atoms with Crippen molar-refractivity contribution < 1.29 is 4.79 Å². The Bertz CT molecular complexity index is 401. The van der Waals surface area contributed by atoms with Gasteiger partial charge in [-0.15, -0.1) is 0 Å². The van der Waals surface area contributed by atoms with Gasteiger partial charge in [-0.2, -0.15) is 11.8 Å². The number of nitrogens with one attached hydrogen (secondary N) is 1. The van der Waals surface area contributed by atoms with Crippen LogP contribution in [0.4, 0.5) is 5.82 Å². The topological polar surface area (TPSA) is 54.9 Å². The fourth-order valence-corrected chi connectivity index (χ4v) is 2.29. The Kier molecular flexibility index (Phi) is 7.05. The van der Waals surface area contributed by atoms with E-state index in [1.165, 1.54) is 18.6 Å². The monoisotopic (exact) mass is 287 g/mol. The van der Waals surface area contributed by atoms with E-state index in [-0.39, 0.29) is 5.15 Å². The van der Waals surface area contributed by atoms with Crippen molar-refractivity contribution in [3.05, 3.63) is 16.5 Å². The lowest BCUT2D eigenvalue weighted by Crippen LogP contribution is -2.08. The molecule has 0 saturated heterocycles. The van der Waals surface area contributed by atoms with Gasteiger partial charge >= 0.3 is 0 Å². The summed E-state index contributed by atoms with van der Waals surface area (Å²) in [5.41, 5.74) is 0.339. The van der Waals surface area contributed by atoms with Gasteiger partial charge in [-0.3, -0.25) is 4.79 Å². The number of thioether (sulfide) groups is 1. The highest BCUT2D eigenvalue weighted by Crippen LogP contribution is 2.19. The highest BCUT2D eigenvalue weighted by Gasteiger charge is 2.10. The molecule has 0 atom stereocenters. The zero-order chi connectivity index (χ0) is 13.4. The summed E-state index contributed by atoms with van der Waals surface area (Å²) in [7, 11) is 0. The first kappa shape index (κ1) is 15.2. The maximum Gasteiger partial charge on any atom is 0.156 e. The summed E-state index contributed by atoms with van der Waals surface area (Å²) in [5, 5.41) is 3.36. The molecule has 0 amide bonds. The molecule has 0 spiro atoms. The van der Waals surface area contributed by atoms with Crippen molar-refractivity contribution in [2.45, 2.75) is 26.2 Å². The van der Waals surface area contributed by atoms with Gasteiger partial charge in [0.25, 0.3) is 0 Å². The number of hydrogen-bond donors (Lipinski definition) is 1. The normalized spacial score (nSPS) is 10.4. The molecule has 1 aromatic rings. The van der Waals surface area contributed by atoms with Gasteiger partial charge in [-0.25, -0.2) is 9.97 Å². The second-order valence-corrected chi connectivity index (χ2v) is 5.27. The summed E-state index contributed by atoms with van der Waals surface area (Å²) in [5.74, 6) is 2.29. The first-order valence-electron chi connectivity index (χ1n) is 5.91. The number of aryl methyl sites for hydroxylation is 1. The van der Waals surface area contributed by atoms with Gasteiger partial charge in [0.1, 0.15) is 16.8 Å². The molecule has 1 rings (SSSR count). The fourth-order valence-electron chi connectivity index (χ4n) is 1.54. The zero-order valence-corrected chi connectivity index (χ0v) is 12.3. The van der Waals surface area contributed by atoms with E-state index >= 15 is 0 Å². The lowest BCUT2D eigenvalue weighted by molar-refractivity contribution is 0.112. The standard InChI is InChI=1S/C12H18ClN3OS/c1-9-15-11(13)10(8-17)12(16-9)14-6-4-3-5-7-18-2/h8H,3-7H2,1-2H3,(H,14,15,16). The first-order valence-corrected chi connectivity index (χ1v) is 7.68. The summed E-state index contributed by atoms with van der Waals surface area (Å²) in [4.78, 5) is 19.1. The average molecular weight is 288 g/mol. The molecule has 100 valence electrons. The smallest absolute Gasteiger partial charge is 0.156 e. The van der Waals surface area contributed by atoms with Gasteiger partial charge in [0.05, 0.1) is 5.56 Å². The highest BCUT2D eigenvalue weighted by molar-refractivity contribution is 7.98. The quantitative estimate of drug-likeness (QED) is 0.452. The molecule has 6 heteroatoms. The second kappa shape index (κ2) is 8.32. The summed E-state index contributed by atoms with van der Waals surface area (Å²) >= 11 is 7.75. The SMILES string of the molecule is CSCCCCCNc1nc(C)nc(Cl)c1C=O. The molecule has 4 nitrogen and oxygen atoms in total. The summed E-state index contributed by atoms with van der Waals surface area (Å²) in [6.45, 7) is 2.55. The van der Waals surface area contributed by atoms with E-state index in [9.17, 15) is 4.79 Å². The number of hydrogen-bond acceptors (Lipinski definition) is 5. The van der Waals surface area contributed by atoms with Crippen LogP contribution in [0.2, 0.25) is 5.15 Å². The van der Waals surface area contributed by atoms with Crippen molar-refractivity contribution >= 4 is 35.5 Å². The Morgan fingerprint density at radius 2 is 2.11 bits per heavy atom. The predicted octanol–water partition coefficient (Wildman–Crippen LogP) is 3.20. The third-order valence-corrected chi connectivity index (χ3v) is 3.43. The third kappa shape index (κ3) is 4.82. The molecular weight excluding hydrogens is 270 g/mol. The number of carbonyl (C=O) groups is 1. The predicted molar refractivity (Wildman–Crippen MR) is 77.9 cm³/mol. The first-order chi connectivity index (χ1) is 8.69. The molecule has 18 heavy (non-hydrogen) atoms. The van der Waals surface area contributed by atoms with Crippen LogP contribution in [0.1, 0.15) is 35.4 Å². The largest absolute Gasteiger partial charge is 0.369 e. The number of aldehydes is 1. The Hall–Kier alpha value is -0.810. The second-order valence-electron chi connectivity index (χ2n) is 3.92. The number of unbranched alkanes of at least 4 members (excludes halogenated alkanes) is 2. The molecule has 0 saturated carbocycles. The molecule has 0 aliphatic carbocycles. The van der Waals surface area contributed by atoms with E-state index < -0.39 is 0 Å². The van der Waals surface area contributed by atoms with Crippen LogP contribution in [0.3, 0.4) is 0 Å². The maximum atomic E-state index is 10.9. The Morgan fingerprint density at radius 1 is 1.33 bits per heavy atom. The number of aromatic nitrogens is 2. The van der Waals surface area contributed by atoms with Crippen molar-refractivity contribution in [3.8, 4) is 0 Å². The van der Waals surface area contributed by atoms with Crippen LogP contribution in [0, 0.1) is 6.92 Å². The fraction of sp³-hybridized carbons (Fsp3) is 0.583. The molecule has 1 aromatic heterocycles. The van der Waals surface area contributed by atoms with Crippen LogP contribution in [-0.4, -0.2) is 34.8 Å². The molecule has 0 radical (unpaired) electrons. The van der Waals surface area contributed by atoms with Crippen molar-refractivity contribution in [1.29, 1.82) is 0 Å². The Balaban J connectivity index is 2.48. The Labute approximate surface area is 117 Å². The average Bonchev–Trinajstić information content (AvgIpc) is 2.33. The van der Waals surface area contributed by atoms with Gasteiger partial charge in [0, 0.05) is 6.54 Å². The zero-order valence-electron chi connectivity index (χ0n) is 10.7. The minimum atomic E-state index is 0.211. The maximum absolute atomic E-state index is 10.9. The minimum absolute atomic E-state index is 0.211. The van der Waals surface area contributed by atoms with Crippen molar-refractivity contribution in [3.63, 3.8) is 0 Å². The lowest BCUT2D eigenvalue weighted by Gasteiger charge is -2.09. The van der Waals surface area contributed by atoms with Crippen molar-refractivity contribution in [2.24, 2.45) is 0 Å². The molecule has 0 aliphatic rings. The van der Waals surface area contributed by atoms with Gasteiger partial charge in [-0.1, -0.05) is 18.0 Å². The number of anilines is 1. The molecule has 1 N–H and O–H groups in total. The van der Waals surface area contributed by atoms with Crippen LogP contribution in [-0.2, 0) is 0 Å². The molecular formula is C12H18ClN3OS. The van der Waals surface area contributed by atoms with E-state index in [4.69, 9.17) is 11.6 Å². The number of halogens is 1. The number of nitrogens with zero attached hydrogens (tertiary/aromatic N) is 2. The molecule has 0 bridgehead atoms. The van der Waals surface area contributed by atoms with Crippen LogP contribution >= 0.6 is 23.4 Å². The van der Waals surface area contributed by atoms with E-state index in [0.717, 1.165) is 13.0 Å². The highest BCUT2D eigenvalue weighted by atomic mass is 35.5.